The Hall–Kier alpha value is -3.09. The first kappa shape index (κ1) is 20.2. The molecule has 1 amide bonds. The fraction of sp³-hybridized carbons (Fsp3) is 0.350. The Balaban J connectivity index is 1.97. The van der Waals surface area contributed by atoms with Gasteiger partial charge in [-0.3, -0.25) is 14.9 Å². The third-order valence-corrected chi connectivity index (χ3v) is 4.03. The van der Waals surface area contributed by atoms with Gasteiger partial charge in [-0.15, -0.1) is 0 Å². The zero-order valence-corrected chi connectivity index (χ0v) is 15.6. The number of unbranched alkanes of at least 4 members (excludes halogenated alkanes) is 3. The van der Waals surface area contributed by atoms with E-state index in [1.54, 1.807) is 24.3 Å². The SMILES string of the molecule is CCCCCCOc1ccc(C(=O)Nc2ccc([N+](=O)[O-])cc2OC)cc1. The molecular weight excluding hydrogens is 348 g/mol. The number of carbonyl (C=O) groups excluding carboxylic acids is 1. The number of nitrogens with one attached hydrogen (secondary N) is 1. The molecule has 0 aliphatic heterocycles. The van der Waals surface area contributed by atoms with Crippen LogP contribution in [-0.4, -0.2) is 24.5 Å². The lowest BCUT2D eigenvalue weighted by atomic mass is 10.2. The predicted octanol–water partition coefficient (Wildman–Crippen LogP) is 4.81. The van der Waals surface area contributed by atoms with E-state index in [9.17, 15) is 14.9 Å². The molecule has 0 fully saturated rings. The standard InChI is InChI=1S/C20H24N2O5/c1-3-4-5-6-13-27-17-10-7-15(8-11-17)20(23)21-18-12-9-16(22(24)25)14-19(18)26-2/h7-12,14H,3-6,13H2,1-2H3,(H,21,23). The number of hydrogen-bond acceptors (Lipinski definition) is 5. The lowest BCUT2D eigenvalue weighted by Crippen LogP contribution is -2.12. The number of rotatable bonds is 10. The van der Waals surface area contributed by atoms with Crippen molar-refractivity contribution in [1.82, 2.24) is 0 Å². The van der Waals surface area contributed by atoms with Crippen molar-refractivity contribution in [2.75, 3.05) is 19.0 Å². The molecule has 0 saturated carbocycles. The van der Waals surface area contributed by atoms with Gasteiger partial charge < -0.3 is 14.8 Å². The maximum Gasteiger partial charge on any atom is 0.273 e. The number of nitro benzene ring substituents is 1. The Kier molecular flexibility index (Phi) is 7.61. The largest absolute Gasteiger partial charge is 0.494 e. The maximum atomic E-state index is 12.4. The normalized spacial score (nSPS) is 10.3. The van der Waals surface area contributed by atoms with Gasteiger partial charge in [0.05, 0.1) is 30.4 Å². The van der Waals surface area contributed by atoms with Gasteiger partial charge in [0.15, 0.2) is 0 Å². The Morgan fingerprint density at radius 1 is 1.11 bits per heavy atom. The summed E-state index contributed by atoms with van der Waals surface area (Å²) >= 11 is 0. The van der Waals surface area contributed by atoms with Crippen LogP contribution in [0.25, 0.3) is 0 Å². The van der Waals surface area contributed by atoms with E-state index in [2.05, 4.69) is 12.2 Å². The molecule has 0 atom stereocenters. The van der Waals surface area contributed by atoms with Gasteiger partial charge in [-0.2, -0.15) is 0 Å². The fourth-order valence-electron chi connectivity index (χ4n) is 2.51. The first-order valence-corrected chi connectivity index (χ1v) is 8.91. The molecule has 144 valence electrons. The summed E-state index contributed by atoms with van der Waals surface area (Å²) in [5, 5.41) is 13.5. The molecule has 0 aromatic heterocycles. The van der Waals surface area contributed by atoms with Crippen molar-refractivity contribution in [3.05, 3.63) is 58.1 Å². The molecule has 0 aliphatic carbocycles. The summed E-state index contributed by atoms with van der Waals surface area (Å²) in [7, 11) is 1.39. The third-order valence-electron chi connectivity index (χ3n) is 4.03. The number of anilines is 1. The second-order valence-electron chi connectivity index (χ2n) is 6.03. The zero-order valence-electron chi connectivity index (χ0n) is 15.6. The molecule has 7 heteroatoms. The van der Waals surface area contributed by atoms with Crippen LogP contribution in [-0.2, 0) is 0 Å². The van der Waals surface area contributed by atoms with Crippen molar-refractivity contribution in [2.24, 2.45) is 0 Å². The van der Waals surface area contributed by atoms with E-state index in [1.807, 2.05) is 0 Å². The van der Waals surface area contributed by atoms with Crippen molar-refractivity contribution < 1.29 is 19.2 Å². The highest BCUT2D eigenvalue weighted by Crippen LogP contribution is 2.29. The molecule has 0 aliphatic rings. The van der Waals surface area contributed by atoms with Crippen molar-refractivity contribution in [2.45, 2.75) is 32.6 Å². The van der Waals surface area contributed by atoms with Crippen LogP contribution in [0.4, 0.5) is 11.4 Å². The highest BCUT2D eigenvalue weighted by Gasteiger charge is 2.14. The number of ether oxygens (including phenoxy) is 2. The van der Waals surface area contributed by atoms with Gasteiger partial charge in [0.1, 0.15) is 11.5 Å². The van der Waals surface area contributed by atoms with Crippen LogP contribution in [0.2, 0.25) is 0 Å². The van der Waals surface area contributed by atoms with E-state index in [4.69, 9.17) is 9.47 Å². The van der Waals surface area contributed by atoms with Gasteiger partial charge in [0, 0.05) is 11.6 Å². The average Bonchev–Trinajstić information content (AvgIpc) is 2.68. The Morgan fingerprint density at radius 3 is 2.48 bits per heavy atom. The molecule has 0 spiro atoms. The van der Waals surface area contributed by atoms with E-state index in [-0.39, 0.29) is 17.3 Å². The third kappa shape index (κ3) is 5.99. The molecule has 0 unspecified atom stereocenters. The summed E-state index contributed by atoms with van der Waals surface area (Å²) < 4.78 is 10.8. The minimum absolute atomic E-state index is 0.106. The summed E-state index contributed by atoms with van der Waals surface area (Å²) in [6, 6.07) is 10.9. The summed E-state index contributed by atoms with van der Waals surface area (Å²) in [5.41, 5.74) is 0.711. The molecule has 0 heterocycles. The molecule has 2 rings (SSSR count). The molecular formula is C20H24N2O5. The fourth-order valence-corrected chi connectivity index (χ4v) is 2.51. The molecule has 1 N–H and O–H groups in total. The van der Waals surface area contributed by atoms with Crippen molar-refractivity contribution in [3.8, 4) is 11.5 Å². The van der Waals surface area contributed by atoms with Crippen LogP contribution in [0.15, 0.2) is 42.5 Å². The van der Waals surface area contributed by atoms with Gasteiger partial charge >= 0.3 is 0 Å². The van der Waals surface area contributed by atoms with Crippen LogP contribution in [0, 0.1) is 10.1 Å². The van der Waals surface area contributed by atoms with Crippen LogP contribution in [0.5, 0.6) is 11.5 Å². The van der Waals surface area contributed by atoms with Crippen LogP contribution in [0.3, 0.4) is 0 Å². The van der Waals surface area contributed by atoms with E-state index >= 15 is 0 Å². The van der Waals surface area contributed by atoms with Gasteiger partial charge in [0.25, 0.3) is 11.6 Å². The monoisotopic (exact) mass is 372 g/mol. The first-order valence-electron chi connectivity index (χ1n) is 8.91. The number of benzene rings is 2. The topological polar surface area (TPSA) is 90.7 Å². The van der Waals surface area contributed by atoms with Crippen LogP contribution >= 0.6 is 0 Å². The van der Waals surface area contributed by atoms with E-state index in [0.29, 0.717) is 17.9 Å². The maximum absolute atomic E-state index is 12.4. The molecule has 2 aromatic rings. The average molecular weight is 372 g/mol. The van der Waals surface area contributed by atoms with E-state index < -0.39 is 4.92 Å². The van der Waals surface area contributed by atoms with Crippen molar-refractivity contribution >= 4 is 17.3 Å². The van der Waals surface area contributed by atoms with Gasteiger partial charge in [-0.1, -0.05) is 26.2 Å². The molecule has 2 aromatic carbocycles. The minimum Gasteiger partial charge on any atom is -0.494 e. The molecule has 27 heavy (non-hydrogen) atoms. The summed E-state index contributed by atoms with van der Waals surface area (Å²) in [6.07, 6.45) is 4.54. The Bertz CT molecular complexity index is 774. The van der Waals surface area contributed by atoms with Crippen LogP contribution < -0.4 is 14.8 Å². The number of hydrogen-bond donors (Lipinski definition) is 1. The minimum atomic E-state index is -0.519. The number of non-ortho nitro benzene ring substituents is 1. The molecule has 7 nitrogen and oxygen atoms in total. The number of amides is 1. The lowest BCUT2D eigenvalue weighted by molar-refractivity contribution is -0.384. The van der Waals surface area contributed by atoms with E-state index in [1.165, 1.54) is 38.2 Å². The Morgan fingerprint density at radius 2 is 1.85 bits per heavy atom. The van der Waals surface area contributed by atoms with Gasteiger partial charge in [-0.25, -0.2) is 0 Å². The molecule has 0 bridgehead atoms. The predicted molar refractivity (Wildman–Crippen MR) is 104 cm³/mol. The highest BCUT2D eigenvalue weighted by atomic mass is 16.6. The quantitative estimate of drug-likeness (QED) is 0.367. The number of nitro groups is 1. The Labute approximate surface area is 158 Å². The van der Waals surface area contributed by atoms with Crippen molar-refractivity contribution in [1.29, 1.82) is 0 Å². The summed E-state index contributed by atoms with van der Waals surface area (Å²) in [4.78, 5) is 22.7. The second kappa shape index (κ2) is 10.2. The lowest BCUT2D eigenvalue weighted by Gasteiger charge is -2.11. The zero-order chi connectivity index (χ0) is 19.6. The van der Waals surface area contributed by atoms with Gasteiger partial charge in [-0.05, 0) is 36.8 Å². The van der Waals surface area contributed by atoms with Crippen molar-refractivity contribution in [3.63, 3.8) is 0 Å². The number of methoxy groups -OCH3 is 1. The summed E-state index contributed by atoms with van der Waals surface area (Å²) in [6.45, 7) is 2.82. The highest BCUT2D eigenvalue weighted by molar-refractivity contribution is 6.05. The second-order valence-corrected chi connectivity index (χ2v) is 6.03. The van der Waals surface area contributed by atoms with Gasteiger partial charge in [0.2, 0.25) is 0 Å². The summed E-state index contributed by atoms with van der Waals surface area (Å²) in [5.74, 6) is 0.609. The van der Waals surface area contributed by atoms with E-state index in [0.717, 1.165) is 18.6 Å². The molecule has 0 radical (unpaired) electrons. The smallest absolute Gasteiger partial charge is 0.273 e. The van der Waals surface area contributed by atoms with Crippen LogP contribution in [0.1, 0.15) is 43.0 Å². The molecule has 0 saturated heterocycles. The first-order chi connectivity index (χ1) is 13.0. The number of carbonyl (C=O) groups is 1. The number of nitrogens with zero attached hydrogens (tertiary/aromatic N) is 1.